The Balaban J connectivity index is 1.96. The van der Waals surface area contributed by atoms with E-state index in [1.54, 1.807) is 12.4 Å². The largest absolute Gasteiger partial charge is 0.474 e. The Morgan fingerprint density at radius 1 is 1.28 bits per heavy atom. The second-order valence-corrected chi connectivity index (χ2v) is 5.03. The molecule has 1 aromatic heterocycles. The Morgan fingerprint density at radius 2 is 2.06 bits per heavy atom. The van der Waals surface area contributed by atoms with Gasteiger partial charge in [-0.2, -0.15) is 4.98 Å². The van der Waals surface area contributed by atoms with Gasteiger partial charge in [0.05, 0.1) is 18.5 Å². The molecule has 5 nitrogen and oxygen atoms in total. The molecular formula is C13H21N3O2. The standard InChI is InChI=1S/C13H21N3O2/c1-9(2)17-12-7-15-8-13(16-12)18-11-5-3-4-10(14)6-11/h7-11H,3-6,14H2,1-2H3. The Bertz CT molecular complexity index is 384. The summed E-state index contributed by atoms with van der Waals surface area (Å²) in [6.07, 6.45) is 7.56. The quantitative estimate of drug-likeness (QED) is 0.885. The van der Waals surface area contributed by atoms with E-state index in [1.807, 2.05) is 13.8 Å². The molecule has 2 rings (SSSR count). The molecule has 0 amide bonds. The molecule has 2 atom stereocenters. The smallest absolute Gasteiger partial charge is 0.235 e. The summed E-state index contributed by atoms with van der Waals surface area (Å²) in [5.41, 5.74) is 5.93. The van der Waals surface area contributed by atoms with E-state index in [4.69, 9.17) is 15.2 Å². The molecule has 0 spiro atoms. The van der Waals surface area contributed by atoms with Crippen molar-refractivity contribution in [3.8, 4) is 11.8 Å². The van der Waals surface area contributed by atoms with Gasteiger partial charge in [0.25, 0.3) is 0 Å². The van der Waals surface area contributed by atoms with Gasteiger partial charge < -0.3 is 15.2 Å². The Hall–Kier alpha value is -1.36. The highest BCUT2D eigenvalue weighted by Crippen LogP contribution is 2.22. The molecule has 2 unspecified atom stereocenters. The van der Waals surface area contributed by atoms with E-state index in [2.05, 4.69) is 9.97 Å². The second kappa shape index (κ2) is 6.00. The van der Waals surface area contributed by atoms with Crippen LogP contribution in [0.5, 0.6) is 11.8 Å². The van der Waals surface area contributed by atoms with Crippen molar-refractivity contribution in [1.82, 2.24) is 9.97 Å². The molecular weight excluding hydrogens is 230 g/mol. The van der Waals surface area contributed by atoms with Crippen LogP contribution in [0.3, 0.4) is 0 Å². The van der Waals surface area contributed by atoms with E-state index in [0.717, 1.165) is 25.7 Å². The minimum Gasteiger partial charge on any atom is -0.474 e. The lowest BCUT2D eigenvalue weighted by molar-refractivity contribution is 0.135. The Morgan fingerprint density at radius 3 is 2.78 bits per heavy atom. The summed E-state index contributed by atoms with van der Waals surface area (Å²) in [7, 11) is 0. The minimum absolute atomic E-state index is 0.0812. The third kappa shape index (κ3) is 3.84. The highest BCUT2D eigenvalue weighted by atomic mass is 16.5. The third-order valence-corrected chi connectivity index (χ3v) is 2.90. The number of aromatic nitrogens is 2. The molecule has 0 aromatic carbocycles. The lowest BCUT2D eigenvalue weighted by Crippen LogP contribution is -2.33. The van der Waals surface area contributed by atoms with Crippen LogP contribution >= 0.6 is 0 Å². The summed E-state index contributed by atoms with van der Waals surface area (Å²) in [4.78, 5) is 8.36. The topological polar surface area (TPSA) is 70.3 Å². The van der Waals surface area contributed by atoms with Crippen molar-refractivity contribution in [2.75, 3.05) is 0 Å². The second-order valence-electron chi connectivity index (χ2n) is 5.03. The van der Waals surface area contributed by atoms with Gasteiger partial charge in [-0.15, -0.1) is 0 Å². The summed E-state index contributed by atoms with van der Waals surface area (Å²) < 4.78 is 11.3. The molecule has 1 heterocycles. The zero-order valence-electron chi connectivity index (χ0n) is 11.0. The van der Waals surface area contributed by atoms with Gasteiger partial charge >= 0.3 is 0 Å². The molecule has 1 fully saturated rings. The first-order valence-electron chi connectivity index (χ1n) is 6.54. The van der Waals surface area contributed by atoms with Crippen LogP contribution in [-0.4, -0.2) is 28.2 Å². The SMILES string of the molecule is CC(C)Oc1cncc(OC2CCCC(N)C2)n1. The Kier molecular flexibility index (Phi) is 4.36. The first-order chi connectivity index (χ1) is 8.63. The number of nitrogens with zero attached hydrogens (tertiary/aromatic N) is 2. The average molecular weight is 251 g/mol. The third-order valence-electron chi connectivity index (χ3n) is 2.90. The number of nitrogens with two attached hydrogens (primary N) is 1. The number of hydrogen-bond donors (Lipinski definition) is 1. The summed E-state index contributed by atoms with van der Waals surface area (Å²) in [5.74, 6) is 1.02. The van der Waals surface area contributed by atoms with Crippen LogP contribution < -0.4 is 15.2 Å². The number of ether oxygens (including phenoxy) is 2. The lowest BCUT2D eigenvalue weighted by Gasteiger charge is -2.26. The molecule has 1 saturated carbocycles. The minimum atomic E-state index is 0.0812. The first kappa shape index (κ1) is 13.1. The van der Waals surface area contributed by atoms with Crippen LogP contribution in [0, 0.1) is 0 Å². The summed E-state index contributed by atoms with van der Waals surface area (Å²) in [5, 5.41) is 0. The highest BCUT2D eigenvalue weighted by Gasteiger charge is 2.21. The van der Waals surface area contributed by atoms with Crippen LogP contribution in [-0.2, 0) is 0 Å². The molecule has 18 heavy (non-hydrogen) atoms. The van der Waals surface area contributed by atoms with Crippen molar-refractivity contribution in [2.24, 2.45) is 5.73 Å². The van der Waals surface area contributed by atoms with Gasteiger partial charge in [0.15, 0.2) is 0 Å². The van der Waals surface area contributed by atoms with E-state index in [-0.39, 0.29) is 18.2 Å². The molecule has 1 aromatic rings. The molecule has 2 N–H and O–H groups in total. The average Bonchev–Trinajstić information content (AvgIpc) is 2.28. The molecule has 5 heteroatoms. The van der Waals surface area contributed by atoms with Gasteiger partial charge in [-0.25, -0.2) is 0 Å². The van der Waals surface area contributed by atoms with Crippen molar-refractivity contribution >= 4 is 0 Å². The highest BCUT2D eigenvalue weighted by molar-refractivity contribution is 5.13. The van der Waals surface area contributed by atoms with Gasteiger partial charge in [0, 0.05) is 6.04 Å². The van der Waals surface area contributed by atoms with Crippen LogP contribution in [0.2, 0.25) is 0 Å². The molecule has 100 valence electrons. The van der Waals surface area contributed by atoms with Gasteiger partial charge in [-0.1, -0.05) is 0 Å². The summed E-state index contributed by atoms with van der Waals surface area (Å²) in [6, 6.07) is 0.242. The van der Waals surface area contributed by atoms with E-state index in [0.29, 0.717) is 11.8 Å². The fourth-order valence-electron chi connectivity index (χ4n) is 2.15. The Labute approximate surface area is 108 Å². The zero-order valence-corrected chi connectivity index (χ0v) is 11.0. The van der Waals surface area contributed by atoms with Crippen LogP contribution in [0.4, 0.5) is 0 Å². The number of rotatable bonds is 4. The van der Waals surface area contributed by atoms with Gasteiger partial charge in [-0.3, -0.25) is 4.98 Å². The van der Waals surface area contributed by atoms with E-state index < -0.39 is 0 Å². The zero-order chi connectivity index (χ0) is 13.0. The first-order valence-corrected chi connectivity index (χ1v) is 6.54. The van der Waals surface area contributed by atoms with Crippen molar-refractivity contribution < 1.29 is 9.47 Å². The van der Waals surface area contributed by atoms with E-state index >= 15 is 0 Å². The number of hydrogen-bond acceptors (Lipinski definition) is 5. The predicted molar refractivity (Wildman–Crippen MR) is 68.7 cm³/mol. The predicted octanol–water partition coefficient (Wildman–Crippen LogP) is 1.91. The van der Waals surface area contributed by atoms with Crippen molar-refractivity contribution in [3.63, 3.8) is 0 Å². The van der Waals surface area contributed by atoms with Crippen molar-refractivity contribution in [1.29, 1.82) is 0 Å². The van der Waals surface area contributed by atoms with Crippen LogP contribution in [0.15, 0.2) is 12.4 Å². The summed E-state index contributed by atoms with van der Waals surface area (Å²) >= 11 is 0. The van der Waals surface area contributed by atoms with E-state index in [9.17, 15) is 0 Å². The van der Waals surface area contributed by atoms with Gasteiger partial charge in [0.1, 0.15) is 6.10 Å². The molecule has 0 saturated heterocycles. The maximum absolute atomic E-state index is 5.93. The molecule has 0 bridgehead atoms. The van der Waals surface area contributed by atoms with Crippen molar-refractivity contribution in [3.05, 3.63) is 12.4 Å². The maximum Gasteiger partial charge on any atom is 0.235 e. The molecule has 1 aliphatic carbocycles. The fraction of sp³-hybridized carbons (Fsp3) is 0.692. The maximum atomic E-state index is 5.93. The van der Waals surface area contributed by atoms with Crippen LogP contribution in [0.1, 0.15) is 39.5 Å². The van der Waals surface area contributed by atoms with Crippen LogP contribution in [0.25, 0.3) is 0 Å². The van der Waals surface area contributed by atoms with E-state index in [1.165, 1.54) is 0 Å². The normalized spacial score (nSPS) is 24.0. The van der Waals surface area contributed by atoms with Crippen molar-refractivity contribution in [2.45, 2.75) is 57.8 Å². The summed E-state index contributed by atoms with van der Waals surface area (Å²) in [6.45, 7) is 3.91. The molecule has 0 radical (unpaired) electrons. The molecule has 1 aliphatic rings. The monoisotopic (exact) mass is 251 g/mol. The fourth-order valence-corrected chi connectivity index (χ4v) is 2.15. The molecule has 0 aliphatic heterocycles. The van der Waals surface area contributed by atoms with Gasteiger partial charge in [0.2, 0.25) is 11.8 Å². The van der Waals surface area contributed by atoms with Gasteiger partial charge in [-0.05, 0) is 39.5 Å². The lowest BCUT2D eigenvalue weighted by atomic mass is 9.94.